The number of benzene rings is 1. The minimum absolute atomic E-state index is 0.202. The molecule has 0 unspecified atom stereocenters. The van der Waals surface area contributed by atoms with Gasteiger partial charge in [-0.15, -0.1) is 0 Å². The Kier molecular flexibility index (Phi) is 2.22. The fraction of sp³-hybridized carbons (Fsp3) is 0.308. The van der Waals surface area contributed by atoms with E-state index in [1.54, 1.807) is 0 Å². The minimum Gasteiger partial charge on any atom is -0.253 e. The summed E-state index contributed by atoms with van der Waals surface area (Å²) in [6, 6.07) is 7.66. The number of hydrogen-bond acceptors (Lipinski definition) is 1. The zero-order chi connectivity index (χ0) is 11.1. The van der Waals surface area contributed by atoms with Crippen molar-refractivity contribution in [3.63, 3.8) is 0 Å². The SMILES string of the molecule is CC(C)(C)c1c(F)cnc2ccccc12. The number of nitrogens with zero attached hydrogens (tertiary/aromatic N) is 1. The van der Waals surface area contributed by atoms with E-state index in [2.05, 4.69) is 4.98 Å². The maximum atomic E-state index is 13.8. The Morgan fingerprint density at radius 1 is 1.13 bits per heavy atom. The Balaban J connectivity index is 2.86. The Morgan fingerprint density at radius 3 is 2.47 bits per heavy atom. The molecule has 2 aromatic rings. The molecule has 15 heavy (non-hydrogen) atoms. The molecule has 0 radical (unpaired) electrons. The van der Waals surface area contributed by atoms with Gasteiger partial charge >= 0.3 is 0 Å². The van der Waals surface area contributed by atoms with Crippen LogP contribution in [0.2, 0.25) is 0 Å². The molecule has 0 aliphatic heterocycles. The smallest absolute Gasteiger partial charge is 0.145 e. The minimum atomic E-state index is -0.221. The fourth-order valence-corrected chi connectivity index (χ4v) is 1.88. The number of pyridine rings is 1. The van der Waals surface area contributed by atoms with Crippen molar-refractivity contribution in [2.24, 2.45) is 0 Å². The summed E-state index contributed by atoms with van der Waals surface area (Å²) in [6.07, 6.45) is 1.31. The molecule has 1 nitrogen and oxygen atoms in total. The van der Waals surface area contributed by atoms with Gasteiger partial charge in [0.25, 0.3) is 0 Å². The van der Waals surface area contributed by atoms with Crippen LogP contribution >= 0.6 is 0 Å². The quantitative estimate of drug-likeness (QED) is 0.636. The van der Waals surface area contributed by atoms with Crippen molar-refractivity contribution in [3.05, 3.63) is 41.8 Å². The molecule has 0 aliphatic carbocycles. The van der Waals surface area contributed by atoms with E-state index >= 15 is 0 Å². The van der Waals surface area contributed by atoms with Gasteiger partial charge in [-0.2, -0.15) is 0 Å². The number of aromatic nitrogens is 1. The molecule has 0 fully saturated rings. The van der Waals surface area contributed by atoms with E-state index in [4.69, 9.17) is 0 Å². The van der Waals surface area contributed by atoms with Crippen LogP contribution in [-0.2, 0) is 5.41 Å². The van der Waals surface area contributed by atoms with Crippen LogP contribution in [0.3, 0.4) is 0 Å². The van der Waals surface area contributed by atoms with Crippen LogP contribution in [0.5, 0.6) is 0 Å². The highest BCUT2D eigenvalue weighted by atomic mass is 19.1. The molecule has 0 saturated carbocycles. The van der Waals surface area contributed by atoms with Crippen LogP contribution in [0.25, 0.3) is 10.9 Å². The number of fused-ring (bicyclic) bond motifs is 1. The molecule has 78 valence electrons. The summed E-state index contributed by atoms with van der Waals surface area (Å²) in [4.78, 5) is 4.08. The molecule has 0 spiro atoms. The molecule has 0 bridgehead atoms. The van der Waals surface area contributed by atoms with Crippen LogP contribution in [0.1, 0.15) is 26.3 Å². The first kappa shape index (κ1) is 10.1. The highest BCUT2D eigenvalue weighted by molar-refractivity contribution is 5.83. The molecule has 0 atom stereocenters. The standard InChI is InChI=1S/C13H14FN/c1-13(2,3)12-9-6-4-5-7-11(9)15-8-10(12)14/h4-8H,1-3H3. The van der Waals surface area contributed by atoms with Crippen molar-refractivity contribution in [1.82, 2.24) is 4.98 Å². The molecule has 0 amide bonds. The van der Waals surface area contributed by atoms with Crippen LogP contribution in [0, 0.1) is 5.82 Å². The highest BCUT2D eigenvalue weighted by Crippen LogP contribution is 2.30. The van der Waals surface area contributed by atoms with Gasteiger partial charge < -0.3 is 0 Å². The van der Waals surface area contributed by atoms with Gasteiger partial charge in [0.2, 0.25) is 0 Å². The van der Waals surface area contributed by atoms with Gasteiger partial charge in [-0.1, -0.05) is 39.0 Å². The number of halogens is 1. The van der Waals surface area contributed by atoms with Gasteiger partial charge in [-0.05, 0) is 11.5 Å². The van der Waals surface area contributed by atoms with Crippen LogP contribution in [-0.4, -0.2) is 4.98 Å². The van der Waals surface area contributed by atoms with E-state index in [1.807, 2.05) is 45.0 Å². The first-order valence-corrected chi connectivity index (χ1v) is 5.04. The van der Waals surface area contributed by atoms with E-state index in [0.29, 0.717) is 0 Å². The lowest BCUT2D eigenvalue weighted by molar-refractivity contribution is 0.525. The third kappa shape index (κ3) is 1.72. The van der Waals surface area contributed by atoms with Crippen LogP contribution in [0.4, 0.5) is 4.39 Å². The Hall–Kier alpha value is -1.44. The molecule has 0 N–H and O–H groups in total. The topological polar surface area (TPSA) is 12.9 Å². The second-order valence-electron chi connectivity index (χ2n) is 4.75. The van der Waals surface area contributed by atoms with Crippen LogP contribution < -0.4 is 0 Å². The average molecular weight is 203 g/mol. The Labute approximate surface area is 89.0 Å². The Bertz CT molecular complexity index is 497. The molecule has 1 aromatic heterocycles. The van der Waals surface area contributed by atoms with Crippen molar-refractivity contribution in [3.8, 4) is 0 Å². The maximum absolute atomic E-state index is 13.8. The monoisotopic (exact) mass is 203 g/mol. The number of hydrogen-bond donors (Lipinski definition) is 0. The van der Waals surface area contributed by atoms with E-state index in [0.717, 1.165) is 16.5 Å². The summed E-state index contributed by atoms with van der Waals surface area (Å²) in [7, 11) is 0. The molecule has 0 saturated heterocycles. The third-order valence-corrected chi connectivity index (χ3v) is 2.48. The predicted molar refractivity (Wildman–Crippen MR) is 60.4 cm³/mol. The molecule has 1 heterocycles. The number of rotatable bonds is 0. The lowest BCUT2D eigenvalue weighted by Crippen LogP contribution is -2.14. The van der Waals surface area contributed by atoms with Gasteiger partial charge in [0.05, 0.1) is 11.7 Å². The van der Waals surface area contributed by atoms with Crippen molar-refractivity contribution >= 4 is 10.9 Å². The Morgan fingerprint density at radius 2 is 1.80 bits per heavy atom. The lowest BCUT2D eigenvalue weighted by Gasteiger charge is -2.21. The van der Waals surface area contributed by atoms with Gasteiger partial charge in [0.1, 0.15) is 5.82 Å². The van der Waals surface area contributed by atoms with E-state index in [-0.39, 0.29) is 11.2 Å². The molecule has 2 heteroatoms. The number of para-hydroxylation sites is 1. The molecular weight excluding hydrogens is 189 g/mol. The van der Waals surface area contributed by atoms with Crippen molar-refractivity contribution < 1.29 is 4.39 Å². The van der Waals surface area contributed by atoms with Crippen molar-refractivity contribution in [1.29, 1.82) is 0 Å². The zero-order valence-electron chi connectivity index (χ0n) is 9.21. The normalized spacial score (nSPS) is 12.0. The molecule has 2 rings (SSSR count). The van der Waals surface area contributed by atoms with Gasteiger partial charge in [-0.25, -0.2) is 4.39 Å². The van der Waals surface area contributed by atoms with E-state index in [1.165, 1.54) is 6.20 Å². The first-order valence-electron chi connectivity index (χ1n) is 5.04. The largest absolute Gasteiger partial charge is 0.253 e. The van der Waals surface area contributed by atoms with E-state index in [9.17, 15) is 4.39 Å². The second kappa shape index (κ2) is 3.30. The lowest BCUT2D eigenvalue weighted by atomic mass is 9.84. The van der Waals surface area contributed by atoms with Gasteiger partial charge in [0.15, 0.2) is 0 Å². The fourth-order valence-electron chi connectivity index (χ4n) is 1.88. The van der Waals surface area contributed by atoms with Gasteiger partial charge in [-0.3, -0.25) is 4.98 Å². The average Bonchev–Trinajstić information content (AvgIpc) is 2.15. The van der Waals surface area contributed by atoms with Crippen molar-refractivity contribution in [2.45, 2.75) is 26.2 Å². The summed E-state index contributed by atoms with van der Waals surface area (Å²) >= 11 is 0. The highest BCUT2D eigenvalue weighted by Gasteiger charge is 2.21. The molecule has 0 aliphatic rings. The van der Waals surface area contributed by atoms with Crippen LogP contribution in [0.15, 0.2) is 30.5 Å². The van der Waals surface area contributed by atoms with E-state index < -0.39 is 0 Å². The second-order valence-corrected chi connectivity index (χ2v) is 4.75. The molecule has 1 aromatic carbocycles. The van der Waals surface area contributed by atoms with Crippen molar-refractivity contribution in [2.75, 3.05) is 0 Å². The first-order chi connectivity index (χ1) is 7.00. The summed E-state index contributed by atoms with van der Waals surface area (Å²) in [5, 5.41) is 0.907. The van der Waals surface area contributed by atoms with Gasteiger partial charge in [0, 0.05) is 10.9 Å². The molecular formula is C13H14FN. The summed E-state index contributed by atoms with van der Waals surface area (Å²) in [5.74, 6) is -0.221. The summed E-state index contributed by atoms with van der Waals surface area (Å²) < 4.78 is 13.8. The predicted octanol–water partition coefficient (Wildman–Crippen LogP) is 3.67. The third-order valence-electron chi connectivity index (χ3n) is 2.48. The zero-order valence-corrected chi connectivity index (χ0v) is 9.21. The summed E-state index contributed by atoms with van der Waals surface area (Å²) in [5.41, 5.74) is 1.39. The summed E-state index contributed by atoms with van der Waals surface area (Å²) in [6.45, 7) is 6.04. The maximum Gasteiger partial charge on any atom is 0.145 e.